The Kier molecular flexibility index (Phi) is 7.36. The van der Waals surface area contributed by atoms with E-state index >= 15 is 0 Å². The van der Waals surface area contributed by atoms with Crippen molar-refractivity contribution in [3.63, 3.8) is 0 Å². The summed E-state index contributed by atoms with van der Waals surface area (Å²) in [5.74, 6) is 0. The topological polar surface area (TPSA) is 29.5 Å². The highest BCUT2D eigenvalue weighted by Crippen LogP contribution is 2.55. The number of benzene rings is 7. The monoisotopic (exact) mass is 729 g/mol. The first-order chi connectivity index (χ1) is 26.8. The summed E-state index contributed by atoms with van der Waals surface area (Å²) >= 11 is 0. The van der Waals surface area contributed by atoms with Gasteiger partial charge in [0.2, 0.25) is 0 Å². The molecule has 1 aliphatic rings. The summed E-state index contributed by atoms with van der Waals surface area (Å²) in [7, 11) is 0. The Balaban J connectivity index is 1.23. The molecule has 1 aliphatic carbocycles. The zero-order valence-electron chi connectivity index (χ0n) is 33.5. The Hall–Kier alpha value is -6.06. The Morgan fingerprint density at radius 2 is 1.18 bits per heavy atom. The maximum absolute atomic E-state index is 7.17. The van der Waals surface area contributed by atoms with E-state index in [4.69, 9.17) is 8.83 Å². The highest BCUT2D eigenvalue weighted by atomic mass is 16.3. The van der Waals surface area contributed by atoms with Gasteiger partial charge in [0.1, 0.15) is 22.3 Å². The van der Waals surface area contributed by atoms with Gasteiger partial charge in [0, 0.05) is 44.1 Å². The average molecular weight is 730 g/mol. The normalized spacial score (nSPS) is 13.9. The van der Waals surface area contributed by atoms with Crippen LogP contribution in [0, 0.1) is 0 Å². The van der Waals surface area contributed by atoms with Gasteiger partial charge in [0.25, 0.3) is 0 Å². The van der Waals surface area contributed by atoms with E-state index in [1.165, 1.54) is 55.3 Å². The van der Waals surface area contributed by atoms with Crippen molar-refractivity contribution in [2.45, 2.75) is 71.6 Å². The molecular weight excluding hydrogens is 683 g/mol. The first kappa shape index (κ1) is 34.4. The second-order valence-corrected chi connectivity index (χ2v) is 18.2. The Morgan fingerprint density at radius 1 is 0.500 bits per heavy atom. The summed E-state index contributed by atoms with van der Waals surface area (Å²) in [5, 5.41) is 4.57. The summed E-state index contributed by atoms with van der Waals surface area (Å²) in [6, 6.07) is 50.7. The zero-order valence-corrected chi connectivity index (χ0v) is 33.5. The molecule has 2 heterocycles. The van der Waals surface area contributed by atoms with E-state index in [1.54, 1.807) is 0 Å². The van der Waals surface area contributed by atoms with Crippen LogP contribution >= 0.6 is 0 Å². The van der Waals surface area contributed by atoms with Gasteiger partial charge in [-0.2, -0.15) is 0 Å². The van der Waals surface area contributed by atoms with E-state index in [2.05, 4.69) is 194 Å². The third-order valence-electron chi connectivity index (χ3n) is 12.1. The molecule has 0 bridgehead atoms. The SMILES string of the molecule is CC(C)(C)c1cc(C(C)(C)C)c2oc3c4c(ccc3c2c1)C(C)(C)c1ccc(N(c2ccc(-c3ccccc3)cc2)c2cccc3oc5ccccc5c23)cc1-4. The molecule has 7 aromatic carbocycles. The molecule has 0 spiro atoms. The van der Waals surface area contributed by atoms with Crippen LogP contribution in [0.3, 0.4) is 0 Å². The van der Waals surface area contributed by atoms with Crippen LogP contribution in [0.15, 0.2) is 148 Å². The van der Waals surface area contributed by atoms with Crippen molar-refractivity contribution in [3.05, 3.63) is 162 Å². The van der Waals surface area contributed by atoms with E-state index in [1.807, 2.05) is 6.07 Å². The van der Waals surface area contributed by atoms with E-state index in [9.17, 15) is 0 Å². The van der Waals surface area contributed by atoms with Crippen LogP contribution in [0.5, 0.6) is 0 Å². The highest BCUT2D eigenvalue weighted by molar-refractivity contribution is 6.15. The molecule has 2 aromatic heterocycles. The van der Waals surface area contributed by atoms with E-state index < -0.39 is 0 Å². The lowest BCUT2D eigenvalue weighted by atomic mass is 9.79. The Bertz CT molecular complexity index is 3000. The van der Waals surface area contributed by atoms with Crippen molar-refractivity contribution < 1.29 is 8.83 Å². The first-order valence-corrected chi connectivity index (χ1v) is 19.8. The van der Waals surface area contributed by atoms with Gasteiger partial charge in [0.15, 0.2) is 0 Å². The van der Waals surface area contributed by atoms with Crippen molar-refractivity contribution in [2.24, 2.45) is 0 Å². The fraction of sp³-hybridized carbons (Fsp3) is 0.208. The zero-order chi connectivity index (χ0) is 38.7. The first-order valence-electron chi connectivity index (χ1n) is 19.8. The van der Waals surface area contributed by atoms with Gasteiger partial charge in [-0.15, -0.1) is 0 Å². The molecule has 0 atom stereocenters. The van der Waals surface area contributed by atoms with E-state index in [-0.39, 0.29) is 16.2 Å². The summed E-state index contributed by atoms with van der Waals surface area (Å²) in [6.07, 6.45) is 0. The molecule has 9 aromatic rings. The molecule has 3 heteroatoms. The van der Waals surface area contributed by atoms with Gasteiger partial charge in [-0.3, -0.25) is 0 Å². The lowest BCUT2D eigenvalue weighted by Crippen LogP contribution is -2.16. The van der Waals surface area contributed by atoms with E-state index in [0.717, 1.165) is 50.2 Å². The molecule has 0 unspecified atom stereocenters. The molecule has 56 heavy (non-hydrogen) atoms. The van der Waals surface area contributed by atoms with Gasteiger partial charge in [0.05, 0.1) is 11.1 Å². The average Bonchev–Trinajstić information content (AvgIpc) is 3.82. The molecule has 0 saturated carbocycles. The fourth-order valence-electron chi connectivity index (χ4n) is 9.09. The minimum atomic E-state index is -0.206. The summed E-state index contributed by atoms with van der Waals surface area (Å²) < 4.78 is 13.6. The lowest BCUT2D eigenvalue weighted by Gasteiger charge is -2.28. The predicted molar refractivity (Wildman–Crippen MR) is 236 cm³/mol. The molecule has 3 nitrogen and oxygen atoms in total. The number of fused-ring (bicyclic) bond motifs is 10. The minimum absolute atomic E-state index is 0.00390. The molecule has 10 rings (SSSR count). The maximum atomic E-state index is 7.17. The number of furan rings is 2. The number of anilines is 3. The second kappa shape index (κ2) is 12.0. The van der Waals surface area contributed by atoms with Gasteiger partial charge >= 0.3 is 0 Å². The Labute approximate surface area is 329 Å². The number of nitrogens with zero attached hydrogens (tertiary/aromatic N) is 1. The number of para-hydroxylation sites is 1. The summed E-state index contributed by atoms with van der Waals surface area (Å²) in [5.41, 5.74) is 16.6. The van der Waals surface area contributed by atoms with Crippen molar-refractivity contribution in [3.8, 4) is 22.3 Å². The molecule has 0 aliphatic heterocycles. The van der Waals surface area contributed by atoms with Crippen molar-refractivity contribution in [2.75, 3.05) is 4.90 Å². The largest absolute Gasteiger partial charge is 0.456 e. The number of hydrogen-bond acceptors (Lipinski definition) is 3. The van der Waals surface area contributed by atoms with Crippen LogP contribution in [-0.4, -0.2) is 0 Å². The molecule has 0 radical (unpaired) electrons. The summed E-state index contributed by atoms with van der Waals surface area (Å²) in [6.45, 7) is 18.5. The molecule has 0 N–H and O–H groups in total. The highest BCUT2D eigenvalue weighted by Gasteiger charge is 2.39. The van der Waals surface area contributed by atoms with Gasteiger partial charge < -0.3 is 13.7 Å². The van der Waals surface area contributed by atoms with Gasteiger partial charge in [-0.25, -0.2) is 0 Å². The van der Waals surface area contributed by atoms with Crippen molar-refractivity contribution in [1.82, 2.24) is 0 Å². The van der Waals surface area contributed by atoms with Gasteiger partial charge in [-0.1, -0.05) is 146 Å². The molecular formula is C53H47NO2. The molecule has 0 fully saturated rings. The predicted octanol–water partition coefficient (Wildman–Crippen LogP) is 15.5. The summed E-state index contributed by atoms with van der Waals surface area (Å²) in [4.78, 5) is 2.40. The van der Waals surface area contributed by atoms with Crippen LogP contribution in [0.4, 0.5) is 17.1 Å². The smallest absolute Gasteiger partial charge is 0.143 e. The van der Waals surface area contributed by atoms with Crippen molar-refractivity contribution in [1.29, 1.82) is 0 Å². The van der Waals surface area contributed by atoms with Crippen LogP contribution < -0.4 is 4.90 Å². The Morgan fingerprint density at radius 3 is 1.93 bits per heavy atom. The minimum Gasteiger partial charge on any atom is -0.456 e. The number of rotatable bonds is 4. The lowest BCUT2D eigenvalue weighted by molar-refractivity contribution is 0.559. The van der Waals surface area contributed by atoms with Crippen molar-refractivity contribution >= 4 is 60.9 Å². The third kappa shape index (κ3) is 5.17. The fourth-order valence-corrected chi connectivity index (χ4v) is 9.09. The maximum Gasteiger partial charge on any atom is 0.143 e. The standard InChI is InChI=1S/C53H47NO2/c1-51(2,3)34-29-39-37-26-28-42-47(50(37)56-49(39)43(30-34)52(4,5)6)40-31-36(25-27-41(40)53(42,7)8)54(35-23-21-33(22-24-35)32-15-10-9-11-16-32)44-18-14-20-46-48(44)38-17-12-13-19-45(38)55-46/h9-31H,1-8H3. The third-order valence-corrected chi connectivity index (χ3v) is 12.1. The van der Waals surface area contributed by atoms with Crippen LogP contribution in [0.2, 0.25) is 0 Å². The molecule has 0 amide bonds. The quantitative estimate of drug-likeness (QED) is 0.181. The van der Waals surface area contributed by atoms with Gasteiger partial charge in [-0.05, 0) is 92.7 Å². The van der Waals surface area contributed by atoms with Crippen LogP contribution in [0.1, 0.15) is 77.6 Å². The second-order valence-electron chi connectivity index (χ2n) is 18.2. The number of hydrogen-bond donors (Lipinski definition) is 0. The molecule has 0 saturated heterocycles. The van der Waals surface area contributed by atoms with Crippen LogP contribution in [0.25, 0.3) is 66.1 Å². The van der Waals surface area contributed by atoms with E-state index in [0.29, 0.717) is 0 Å². The molecule has 276 valence electrons. The van der Waals surface area contributed by atoms with Crippen LogP contribution in [-0.2, 0) is 16.2 Å².